The molecule has 2 fully saturated rings. The van der Waals surface area contributed by atoms with Crippen molar-refractivity contribution in [3.63, 3.8) is 0 Å². The van der Waals surface area contributed by atoms with E-state index in [-0.39, 0.29) is 0 Å². The second kappa shape index (κ2) is 7.80. The van der Waals surface area contributed by atoms with Crippen LogP contribution in [-0.2, 0) is 11.2 Å². The number of nitrogens with zero attached hydrogens (tertiary/aromatic N) is 7. The van der Waals surface area contributed by atoms with E-state index in [4.69, 9.17) is 19.8 Å². The monoisotopic (exact) mass is 477 g/mol. The minimum Gasteiger partial charge on any atom is -0.374 e. The van der Waals surface area contributed by atoms with E-state index in [0.29, 0.717) is 17.0 Å². The Labute approximate surface area is 199 Å². The molecule has 2 aliphatic heterocycles. The molecule has 10 heteroatoms. The van der Waals surface area contributed by atoms with Gasteiger partial charge in [-0.1, -0.05) is 59.4 Å². The Morgan fingerprint density at radius 1 is 1.24 bits per heavy atom. The molecule has 3 aromatic heterocycles. The molecular weight excluding hydrogens is 454 g/mol. The lowest BCUT2D eigenvalue weighted by Gasteiger charge is -2.25. The lowest BCUT2D eigenvalue weighted by Crippen LogP contribution is -2.36. The largest absolute Gasteiger partial charge is 0.374 e. The Morgan fingerprint density at radius 2 is 2.06 bits per heavy atom. The fourth-order valence-corrected chi connectivity index (χ4v) is 6.46. The van der Waals surface area contributed by atoms with Gasteiger partial charge in [-0.25, -0.2) is 9.97 Å². The zero-order chi connectivity index (χ0) is 22.7. The van der Waals surface area contributed by atoms with Gasteiger partial charge in [0, 0.05) is 19.2 Å². The third-order valence-electron chi connectivity index (χ3n) is 6.37. The van der Waals surface area contributed by atoms with Gasteiger partial charge in [-0.3, -0.25) is 0 Å². The molecule has 6 rings (SSSR count). The van der Waals surface area contributed by atoms with Crippen molar-refractivity contribution in [2.45, 2.75) is 38.8 Å². The van der Waals surface area contributed by atoms with Crippen LogP contribution in [0.4, 0.5) is 16.1 Å². The summed E-state index contributed by atoms with van der Waals surface area (Å²) in [4.78, 5) is 15.6. The Kier molecular flexibility index (Phi) is 4.87. The second-order valence-electron chi connectivity index (χ2n) is 8.52. The van der Waals surface area contributed by atoms with Crippen molar-refractivity contribution in [2.24, 2.45) is 0 Å². The van der Waals surface area contributed by atoms with Crippen LogP contribution >= 0.6 is 22.7 Å². The third-order valence-corrected chi connectivity index (χ3v) is 8.35. The maximum Gasteiger partial charge on any atom is 0.216 e. The van der Waals surface area contributed by atoms with Crippen LogP contribution < -0.4 is 9.80 Å². The van der Waals surface area contributed by atoms with E-state index >= 15 is 0 Å². The van der Waals surface area contributed by atoms with Crippen LogP contribution in [0, 0.1) is 18.3 Å². The van der Waals surface area contributed by atoms with Gasteiger partial charge < -0.3 is 14.5 Å². The molecule has 0 saturated carbocycles. The lowest BCUT2D eigenvalue weighted by atomic mass is 10.1. The smallest absolute Gasteiger partial charge is 0.216 e. The van der Waals surface area contributed by atoms with Crippen LogP contribution in [-0.4, -0.2) is 51.9 Å². The van der Waals surface area contributed by atoms with Gasteiger partial charge in [0.15, 0.2) is 10.9 Å². The first-order valence-corrected chi connectivity index (χ1v) is 12.7. The second-order valence-corrected chi connectivity index (χ2v) is 10.4. The van der Waals surface area contributed by atoms with Crippen molar-refractivity contribution >= 4 is 43.7 Å². The van der Waals surface area contributed by atoms with E-state index in [0.717, 1.165) is 64.0 Å². The summed E-state index contributed by atoms with van der Waals surface area (Å²) in [5.41, 5.74) is 3.82. The molecule has 2 saturated heterocycles. The van der Waals surface area contributed by atoms with Crippen molar-refractivity contribution in [3.05, 3.63) is 40.4 Å². The van der Waals surface area contributed by atoms with Gasteiger partial charge >= 0.3 is 0 Å². The first-order chi connectivity index (χ1) is 16.1. The molecule has 1 aromatic carbocycles. The van der Waals surface area contributed by atoms with Gasteiger partial charge in [0.1, 0.15) is 16.6 Å². The molecule has 2 bridgehead atoms. The highest BCUT2D eigenvalue weighted by Crippen LogP contribution is 2.40. The first kappa shape index (κ1) is 20.6. The van der Waals surface area contributed by atoms with Gasteiger partial charge in [0.05, 0.1) is 24.4 Å². The number of thiazole rings is 1. The van der Waals surface area contributed by atoms with Gasteiger partial charge in [-0.2, -0.15) is 9.78 Å². The maximum atomic E-state index is 9.77. The van der Waals surface area contributed by atoms with Crippen LogP contribution in [0.15, 0.2) is 24.3 Å². The molecule has 8 nitrogen and oxygen atoms in total. The molecule has 0 aliphatic carbocycles. The third kappa shape index (κ3) is 3.30. The van der Waals surface area contributed by atoms with E-state index in [1.54, 1.807) is 11.3 Å². The van der Waals surface area contributed by atoms with E-state index in [9.17, 15) is 5.26 Å². The van der Waals surface area contributed by atoms with E-state index < -0.39 is 0 Å². The number of hydrogen-bond donors (Lipinski definition) is 0. The predicted octanol–water partition coefficient (Wildman–Crippen LogP) is 4.40. The predicted molar refractivity (Wildman–Crippen MR) is 131 cm³/mol. The summed E-state index contributed by atoms with van der Waals surface area (Å²) in [5.74, 6) is 0.907. The summed E-state index contributed by atoms with van der Waals surface area (Å²) in [7, 11) is 1.98. The Balaban J connectivity index is 1.40. The average molecular weight is 478 g/mol. The van der Waals surface area contributed by atoms with E-state index in [1.807, 2.05) is 40.7 Å². The number of aromatic nitrogens is 4. The summed E-state index contributed by atoms with van der Waals surface area (Å²) in [6.45, 7) is 5.82. The van der Waals surface area contributed by atoms with Crippen molar-refractivity contribution in [1.29, 1.82) is 5.26 Å². The van der Waals surface area contributed by atoms with Gasteiger partial charge in [-0.15, -0.1) is 5.10 Å². The SMILES string of the molecule is CCc1nc2sc(N3CC4CC3CO4)nn2c1N(C)c1nc(-c2ccc(C)cc2)c(C#N)s1. The molecule has 0 N–H and O–H groups in total. The Morgan fingerprint density at radius 3 is 2.73 bits per heavy atom. The zero-order valence-electron chi connectivity index (χ0n) is 18.6. The number of imidazole rings is 1. The van der Waals surface area contributed by atoms with Crippen molar-refractivity contribution in [3.8, 4) is 17.3 Å². The minimum absolute atomic E-state index is 0.319. The van der Waals surface area contributed by atoms with Crippen molar-refractivity contribution in [2.75, 3.05) is 30.0 Å². The molecule has 2 atom stereocenters. The van der Waals surface area contributed by atoms with Crippen LogP contribution in [0.2, 0.25) is 0 Å². The fraction of sp³-hybridized carbons (Fsp3) is 0.391. The molecular formula is C23H23N7OS2. The number of hydrogen-bond acceptors (Lipinski definition) is 9. The minimum atomic E-state index is 0.319. The van der Waals surface area contributed by atoms with Gasteiger partial charge in [-0.05, 0) is 19.8 Å². The number of nitriles is 1. The maximum absolute atomic E-state index is 9.77. The molecule has 0 amide bonds. The number of fused-ring (bicyclic) bond motifs is 3. The summed E-state index contributed by atoms with van der Waals surface area (Å²) < 4.78 is 7.69. The van der Waals surface area contributed by atoms with E-state index in [1.165, 1.54) is 16.9 Å². The van der Waals surface area contributed by atoms with Crippen molar-refractivity contribution < 1.29 is 4.74 Å². The molecule has 2 unspecified atom stereocenters. The first-order valence-electron chi connectivity index (χ1n) is 11.0. The van der Waals surface area contributed by atoms with Gasteiger partial charge in [0.2, 0.25) is 10.1 Å². The number of aryl methyl sites for hydroxylation is 2. The topological polar surface area (TPSA) is 82.6 Å². The number of morpholine rings is 1. The molecule has 33 heavy (non-hydrogen) atoms. The molecule has 2 aliphatic rings. The lowest BCUT2D eigenvalue weighted by molar-refractivity contribution is 0.0990. The molecule has 0 spiro atoms. The molecule has 168 valence electrons. The molecule has 5 heterocycles. The Bertz CT molecular complexity index is 1380. The molecule has 4 aromatic rings. The fourth-order valence-electron chi connectivity index (χ4n) is 4.62. The highest BCUT2D eigenvalue weighted by Gasteiger charge is 2.40. The van der Waals surface area contributed by atoms with Gasteiger partial charge in [0.25, 0.3) is 0 Å². The highest BCUT2D eigenvalue weighted by molar-refractivity contribution is 7.20. The quantitative estimate of drug-likeness (QED) is 0.421. The summed E-state index contributed by atoms with van der Waals surface area (Å²) in [5, 5.41) is 16.5. The van der Waals surface area contributed by atoms with E-state index in [2.05, 4.69) is 24.8 Å². The average Bonchev–Trinajstić information content (AvgIpc) is 3.63. The van der Waals surface area contributed by atoms with Crippen LogP contribution in [0.5, 0.6) is 0 Å². The summed E-state index contributed by atoms with van der Waals surface area (Å²) in [6.07, 6.45) is 2.18. The van der Waals surface area contributed by atoms with Crippen molar-refractivity contribution in [1.82, 2.24) is 19.6 Å². The highest BCUT2D eigenvalue weighted by atomic mass is 32.1. The number of benzene rings is 1. The summed E-state index contributed by atoms with van der Waals surface area (Å²) in [6, 6.07) is 10.9. The summed E-state index contributed by atoms with van der Waals surface area (Å²) >= 11 is 3.02. The van der Waals surface area contributed by atoms with Crippen LogP contribution in [0.25, 0.3) is 16.2 Å². The van der Waals surface area contributed by atoms with Crippen LogP contribution in [0.3, 0.4) is 0 Å². The normalized spacial score (nSPS) is 19.5. The number of ether oxygens (including phenoxy) is 1. The number of anilines is 3. The van der Waals surface area contributed by atoms with Crippen LogP contribution in [0.1, 0.15) is 29.5 Å². The number of rotatable bonds is 5. The zero-order valence-corrected chi connectivity index (χ0v) is 20.3. The molecule has 0 radical (unpaired) electrons. The standard InChI is InChI=1S/C23H23N7OS2/c1-4-17-20(30-22(25-17)33-23(27-30)29-11-16-9-15(29)12-31-16)28(3)21-26-19(18(10-24)32-21)14-7-5-13(2)6-8-14/h5-8,15-16H,4,9,11-12H2,1-3H3. The Hall–Kier alpha value is -3.00.